The van der Waals surface area contributed by atoms with Crippen LogP contribution in [0.2, 0.25) is 0 Å². The number of thiazole rings is 1. The van der Waals surface area contributed by atoms with Crippen LogP contribution in [-0.2, 0) is 4.79 Å². The minimum Gasteiger partial charge on any atom is -0.353 e. The van der Waals surface area contributed by atoms with E-state index in [2.05, 4.69) is 19.9 Å². The highest BCUT2D eigenvalue weighted by Gasteiger charge is 2.34. The smallest absolute Gasteiger partial charge is 0.265 e. The summed E-state index contributed by atoms with van der Waals surface area (Å²) in [4.78, 5) is 46.5. The number of piperidine rings is 1. The first kappa shape index (κ1) is 22.5. The number of pyridine rings is 2. The third kappa shape index (κ3) is 4.65. The lowest BCUT2D eigenvalue weighted by Crippen LogP contribution is -2.53. The van der Waals surface area contributed by atoms with Gasteiger partial charge in [0.25, 0.3) is 5.91 Å². The molecule has 0 saturated carbocycles. The standard InChI is InChI=1S/C25H28N6O2S/c1-18-22(34-23(28-18)19-6-4-9-26-16-19)25(33)31-11-5-7-20(17-31)24(32)30-14-12-29(13-15-30)21-8-2-3-10-27-21/h2-4,6,8-10,16,20H,5,7,11-15,17H2,1H3. The van der Waals surface area contributed by atoms with Crippen LogP contribution in [0.1, 0.15) is 28.2 Å². The molecule has 3 aromatic rings. The van der Waals surface area contributed by atoms with Crippen molar-refractivity contribution in [2.75, 3.05) is 44.2 Å². The zero-order valence-electron chi connectivity index (χ0n) is 19.3. The Labute approximate surface area is 203 Å². The number of hydrogen-bond acceptors (Lipinski definition) is 7. The molecule has 0 N–H and O–H groups in total. The van der Waals surface area contributed by atoms with Gasteiger partial charge in [-0.05, 0) is 44.0 Å². The van der Waals surface area contributed by atoms with Crippen molar-refractivity contribution in [1.82, 2.24) is 24.8 Å². The van der Waals surface area contributed by atoms with Crippen LogP contribution in [0.5, 0.6) is 0 Å². The SMILES string of the molecule is Cc1nc(-c2cccnc2)sc1C(=O)N1CCCC(C(=O)N2CCN(c3ccccn3)CC2)C1. The van der Waals surface area contributed by atoms with E-state index in [0.29, 0.717) is 31.1 Å². The third-order valence-corrected chi connectivity index (χ3v) is 7.72. The van der Waals surface area contributed by atoms with Gasteiger partial charge in [-0.2, -0.15) is 0 Å². The number of aromatic nitrogens is 3. The summed E-state index contributed by atoms with van der Waals surface area (Å²) in [5.74, 6) is 0.942. The largest absolute Gasteiger partial charge is 0.353 e. The summed E-state index contributed by atoms with van der Waals surface area (Å²) < 4.78 is 0. The summed E-state index contributed by atoms with van der Waals surface area (Å²) >= 11 is 1.40. The molecule has 2 amide bonds. The van der Waals surface area contributed by atoms with Crippen molar-refractivity contribution in [2.45, 2.75) is 19.8 Å². The van der Waals surface area contributed by atoms with Crippen LogP contribution >= 0.6 is 11.3 Å². The van der Waals surface area contributed by atoms with Crippen molar-refractivity contribution >= 4 is 29.0 Å². The van der Waals surface area contributed by atoms with Crippen LogP contribution in [-0.4, -0.2) is 75.8 Å². The van der Waals surface area contributed by atoms with Crippen LogP contribution < -0.4 is 4.90 Å². The number of likely N-dealkylation sites (tertiary alicyclic amines) is 1. The Balaban J connectivity index is 1.22. The molecule has 5 heterocycles. The van der Waals surface area contributed by atoms with Gasteiger partial charge in [0.2, 0.25) is 5.91 Å². The van der Waals surface area contributed by atoms with Gasteiger partial charge >= 0.3 is 0 Å². The molecule has 1 unspecified atom stereocenters. The molecule has 2 aliphatic heterocycles. The molecule has 0 spiro atoms. The summed E-state index contributed by atoms with van der Waals surface area (Å²) in [6.07, 6.45) is 6.94. The Morgan fingerprint density at radius 1 is 1.00 bits per heavy atom. The Bertz CT molecular complexity index is 1140. The fraction of sp³-hybridized carbons (Fsp3) is 0.400. The predicted octanol–water partition coefficient (Wildman–Crippen LogP) is 3.11. The van der Waals surface area contributed by atoms with Gasteiger partial charge in [-0.1, -0.05) is 6.07 Å². The lowest BCUT2D eigenvalue weighted by Gasteiger charge is -2.39. The number of hydrogen-bond donors (Lipinski definition) is 0. The molecular formula is C25H28N6O2S. The molecule has 0 bridgehead atoms. The maximum Gasteiger partial charge on any atom is 0.265 e. The van der Waals surface area contributed by atoms with E-state index in [9.17, 15) is 9.59 Å². The van der Waals surface area contributed by atoms with E-state index in [1.165, 1.54) is 11.3 Å². The number of carbonyl (C=O) groups excluding carboxylic acids is 2. The fourth-order valence-electron chi connectivity index (χ4n) is 4.67. The minimum atomic E-state index is -0.148. The van der Waals surface area contributed by atoms with Crippen LogP contribution in [0.4, 0.5) is 5.82 Å². The van der Waals surface area contributed by atoms with Gasteiger partial charge in [0.1, 0.15) is 15.7 Å². The van der Waals surface area contributed by atoms with E-state index in [0.717, 1.165) is 48.0 Å². The van der Waals surface area contributed by atoms with Gasteiger partial charge < -0.3 is 14.7 Å². The first-order valence-electron chi connectivity index (χ1n) is 11.7. The molecule has 176 valence electrons. The lowest BCUT2D eigenvalue weighted by molar-refractivity contribution is -0.137. The highest BCUT2D eigenvalue weighted by molar-refractivity contribution is 7.17. The van der Waals surface area contributed by atoms with E-state index >= 15 is 0 Å². The summed E-state index contributed by atoms with van der Waals surface area (Å²) in [5.41, 5.74) is 1.64. The first-order valence-corrected chi connectivity index (χ1v) is 12.5. The maximum absolute atomic E-state index is 13.4. The second kappa shape index (κ2) is 9.89. The van der Waals surface area contributed by atoms with E-state index in [-0.39, 0.29) is 17.7 Å². The molecule has 1 atom stereocenters. The average Bonchev–Trinajstić information content (AvgIpc) is 3.30. The van der Waals surface area contributed by atoms with Crippen molar-refractivity contribution in [3.63, 3.8) is 0 Å². The second-order valence-corrected chi connectivity index (χ2v) is 9.76. The highest BCUT2D eigenvalue weighted by atomic mass is 32.1. The van der Waals surface area contributed by atoms with E-state index in [4.69, 9.17) is 0 Å². The molecule has 8 nitrogen and oxygen atoms in total. The number of anilines is 1. The zero-order valence-corrected chi connectivity index (χ0v) is 20.1. The predicted molar refractivity (Wildman–Crippen MR) is 132 cm³/mol. The summed E-state index contributed by atoms with van der Waals surface area (Å²) in [6, 6.07) is 9.71. The molecule has 2 aliphatic rings. The number of piperazine rings is 1. The summed E-state index contributed by atoms with van der Waals surface area (Å²) in [7, 11) is 0. The number of carbonyl (C=O) groups is 2. The molecule has 3 aromatic heterocycles. The van der Waals surface area contributed by atoms with Crippen molar-refractivity contribution in [2.24, 2.45) is 5.92 Å². The fourth-order valence-corrected chi connectivity index (χ4v) is 5.69. The van der Waals surface area contributed by atoms with Gasteiger partial charge in [-0.15, -0.1) is 11.3 Å². The quantitative estimate of drug-likeness (QED) is 0.576. The first-order chi connectivity index (χ1) is 16.6. The number of nitrogens with zero attached hydrogens (tertiary/aromatic N) is 6. The normalized spacial score (nSPS) is 18.7. The van der Waals surface area contributed by atoms with Crippen molar-refractivity contribution < 1.29 is 9.59 Å². The van der Waals surface area contributed by atoms with Gasteiger partial charge in [0, 0.05) is 63.4 Å². The zero-order chi connectivity index (χ0) is 23.5. The molecule has 9 heteroatoms. The number of aryl methyl sites for hydroxylation is 1. The number of rotatable bonds is 4. The van der Waals surface area contributed by atoms with Gasteiger partial charge in [-0.3, -0.25) is 14.6 Å². The van der Waals surface area contributed by atoms with Crippen molar-refractivity contribution in [1.29, 1.82) is 0 Å². The molecule has 0 aromatic carbocycles. The lowest BCUT2D eigenvalue weighted by atomic mass is 9.96. The van der Waals surface area contributed by atoms with Crippen molar-refractivity contribution in [3.8, 4) is 10.6 Å². The number of amides is 2. The molecule has 5 rings (SSSR count). The summed E-state index contributed by atoms with van der Waals surface area (Å²) in [6.45, 7) is 5.93. The van der Waals surface area contributed by atoms with Crippen LogP contribution in [0.25, 0.3) is 10.6 Å². The third-order valence-electron chi connectivity index (χ3n) is 6.52. The Hall–Kier alpha value is -3.33. The minimum absolute atomic E-state index is 0.0254. The topological polar surface area (TPSA) is 82.5 Å². The van der Waals surface area contributed by atoms with Crippen LogP contribution in [0.15, 0.2) is 48.9 Å². The Kier molecular flexibility index (Phi) is 6.53. The summed E-state index contributed by atoms with van der Waals surface area (Å²) in [5, 5.41) is 0.796. The average molecular weight is 477 g/mol. The maximum atomic E-state index is 13.4. The van der Waals surface area contributed by atoms with E-state index in [1.54, 1.807) is 18.6 Å². The molecule has 0 aliphatic carbocycles. The molecular weight excluding hydrogens is 448 g/mol. The Morgan fingerprint density at radius 2 is 1.85 bits per heavy atom. The molecule has 34 heavy (non-hydrogen) atoms. The van der Waals surface area contributed by atoms with Gasteiger partial charge in [-0.25, -0.2) is 9.97 Å². The monoisotopic (exact) mass is 476 g/mol. The highest BCUT2D eigenvalue weighted by Crippen LogP contribution is 2.30. The molecule has 2 fully saturated rings. The van der Waals surface area contributed by atoms with Gasteiger partial charge in [0.05, 0.1) is 11.6 Å². The molecule has 0 radical (unpaired) electrons. The molecule has 2 saturated heterocycles. The van der Waals surface area contributed by atoms with Gasteiger partial charge in [0.15, 0.2) is 0 Å². The van der Waals surface area contributed by atoms with Crippen LogP contribution in [0.3, 0.4) is 0 Å². The van der Waals surface area contributed by atoms with E-state index in [1.807, 2.05) is 47.1 Å². The Morgan fingerprint density at radius 3 is 2.59 bits per heavy atom. The van der Waals surface area contributed by atoms with E-state index < -0.39 is 0 Å². The van der Waals surface area contributed by atoms with Crippen molar-refractivity contribution in [3.05, 3.63) is 59.5 Å². The van der Waals surface area contributed by atoms with Crippen LogP contribution in [0, 0.1) is 12.8 Å². The second-order valence-electron chi connectivity index (χ2n) is 8.77.